The van der Waals surface area contributed by atoms with Gasteiger partial charge in [-0.1, -0.05) is 48.5 Å². The second kappa shape index (κ2) is 11.8. The number of carbonyl (C=O) groups is 1. The Morgan fingerprint density at radius 1 is 1.08 bits per heavy atom. The van der Waals surface area contributed by atoms with E-state index in [0.717, 1.165) is 16.0 Å². The van der Waals surface area contributed by atoms with Crippen LogP contribution in [0.4, 0.5) is 9.52 Å². The van der Waals surface area contributed by atoms with E-state index in [0.29, 0.717) is 35.2 Å². The summed E-state index contributed by atoms with van der Waals surface area (Å²) in [7, 11) is 1.53. The monoisotopic (exact) mass is 499 g/mol. The minimum Gasteiger partial charge on any atom is -0.493 e. The fourth-order valence-electron chi connectivity index (χ4n) is 3.36. The number of nitrogens with one attached hydrogen (secondary N) is 1. The van der Waals surface area contributed by atoms with Gasteiger partial charge in [-0.25, -0.2) is 9.37 Å². The van der Waals surface area contributed by atoms with E-state index < -0.39 is 5.91 Å². The number of ether oxygens (including phenoxy) is 2. The Morgan fingerprint density at radius 2 is 1.86 bits per heavy atom. The molecule has 0 saturated heterocycles. The number of hydrogen-bond donors (Lipinski definition) is 1. The number of methoxy groups -OCH3 is 1. The van der Waals surface area contributed by atoms with Crippen LogP contribution in [0, 0.1) is 17.1 Å². The summed E-state index contributed by atoms with van der Waals surface area (Å²) in [5, 5.41) is 12.6. The number of hydrogen-bond acceptors (Lipinski definition) is 6. The van der Waals surface area contributed by atoms with Crippen molar-refractivity contribution in [1.82, 2.24) is 4.98 Å². The lowest BCUT2D eigenvalue weighted by atomic mass is 10.1. The van der Waals surface area contributed by atoms with Gasteiger partial charge in [0.1, 0.15) is 24.1 Å². The molecule has 4 aromatic rings. The van der Waals surface area contributed by atoms with Crippen LogP contribution >= 0.6 is 11.3 Å². The Hall–Kier alpha value is -4.48. The zero-order chi connectivity index (χ0) is 25.3. The summed E-state index contributed by atoms with van der Waals surface area (Å²) in [5.74, 6) is 0.183. The summed E-state index contributed by atoms with van der Waals surface area (Å²) < 4.78 is 24.4. The van der Waals surface area contributed by atoms with Crippen LogP contribution < -0.4 is 14.8 Å². The fourth-order valence-corrected chi connectivity index (χ4v) is 4.20. The van der Waals surface area contributed by atoms with Crippen LogP contribution in [-0.4, -0.2) is 18.0 Å². The molecule has 0 atom stereocenters. The Kier molecular flexibility index (Phi) is 8.06. The number of nitriles is 1. The number of anilines is 1. The van der Waals surface area contributed by atoms with Crippen LogP contribution in [0.5, 0.6) is 11.5 Å². The molecule has 0 aliphatic heterocycles. The highest BCUT2D eigenvalue weighted by Gasteiger charge is 2.13. The first-order chi connectivity index (χ1) is 17.5. The van der Waals surface area contributed by atoms with Crippen LogP contribution in [0.1, 0.15) is 21.6 Å². The Morgan fingerprint density at radius 3 is 2.58 bits per heavy atom. The van der Waals surface area contributed by atoms with Gasteiger partial charge < -0.3 is 9.47 Å². The topological polar surface area (TPSA) is 84.2 Å². The first-order valence-electron chi connectivity index (χ1n) is 11.0. The lowest BCUT2D eigenvalue weighted by Gasteiger charge is -2.11. The highest BCUT2D eigenvalue weighted by Crippen LogP contribution is 2.30. The third kappa shape index (κ3) is 6.56. The van der Waals surface area contributed by atoms with E-state index in [-0.39, 0.29) is 11.4 Å². The van der Waals surface area contributed by atoms with Crippen LogP contribution in [0.15, 0.2) is 84.6 Å². The van der Waals surface area contributed by atoms with Gasteiger partial charge >= 0.3 is 0 Å². The molecule has 0 bridgehead atoms. The van der Waals surface area contributed by atoms with Crippen molar-refractivity contribution < 1.29 is 18.7 Å². The van der Waals surface area contributed by atoms with E-state index in [1.54, 1.807) is 36.5 Å². The Balaban J connectivity index is 1.42. The van der Waals surface area contributed by atoms with Crippen LogP contribution in [0.2, 0.25) is 0 Å². The third-order valence-electron chi connectivity index (χ3n) is 5.17. The minimum atomic E-state index is -0.566. The van der Waals surface area contributed by atoms with Crippen molar-refractivity contribution in [3.63, 3.8) is 0 Å². The maximum atomic E-state index is 13.1. The average molecular weight is 500 g/mol. The number of benzene rings is 3. The number of rotatable bonds is 9. The molecule has 3 aromatic carbocycles. The second-order valence-corrected chi connectivity index (χ2v) is 8.86. The first kappa shape index (κ1) is 24.6. The van der Waals surface area contributed by atoms with Gasteiger partial charge in [-0.15, -0.1) is 11.3 Å². The van der Waals surface area contributed by atoms with Gasteiger partial charge in [0.2, 0.25) is 0 Å². The SMILES string of the molecule is COc1cc(/C=C(/C#N)C(=O)Nc2ncc(Cc3ccc(F)cc3)s2)ccc1OCc1ccccc1. The maximum absolute atomic E-state index is 13.1. The van der Waals surface area contributed by atoms with Gasteiger partial charge in [-0.3, -0.25) is 10.1 Å². The van der Waals surface area contributed by atoms with Crippen molar-refractivity contribution in [2.75, 3.05) is 12.4 Å². The number of nitrogens with zero attached hydrogens (tertiary/aromatic N) is 2. The zero-order valence-electron chi connectivity index (χ0n) is 19.4. The van der Waals surface area contributed by atoms with Crippen LogP contribution in [-0.2, 0) is 17.8 Å². The maximum Gasteiger partial charge on any atom is 0.268 e. The van der Waals surface area contributed by atoms with Crippen LogP contribution in [0.25, 0.3) is 6.08 Å². The molecule has 1 heterocycles. The van der Waals surface area contributed by atoms with Gasteiger partial charge in [-0.2, -0.15) is 5.26 Å². The molecular weight excluding hydrogens is 477 g/mol. The van der Waals surface area contributed by atoms with Gasteiger partial charge in [0.05, 0.1) is 7.11 Å². The van der Waals surface area contributed by atoms with E-state index in [4.69, 9.17) is 9.47 Å². The molecule has 0 aliphatic carbocycles. The molecule has 0 aliphatic rings. The Bertz CT molecular complexity index is 1410. The predicted octanol–water partition coefficient (Wildman–Crippen LogP) is 6.01. The summed E-state index contributed by atoms with van der Waals surface area (Å²) in [6, 6.07) is 23.1. The quantitative estimate of drug-likeness (QED) is 0.225. The lowest BCUT2D eigenvalue weighted by Crippen LogP contribution is -2.13. The first-order valence-corrected chi connectivity index (χ1v) is 11.8. The molecule has 0 fully saturated rings. The molecule has 0 radical (unpaired) electrons. The highest BCUT2D eigenvalue weighted by molar-refractivity contribution is 7.15. The number of thiazole rings is 1. The normalized spacial score (nSPS) is 11.0. The minimum absolute atomic E-state index is 0.0784. The van der Waals surface area contributed by atoms with Gasteiger partial charge in [-0.05, 0) is 47.0 Å². The summed E-state index contributed by atoms with van der Waals surface area (Å²) in [4.78, 5) is 17.8. The molecule has 1 N–H and O–H groups in total. The van der Waals surface area contributed by atoms with Gasteiger partial charge in [0.15, 0.2) is 16.6 Å². The number of halogens is 1. The zero-order valence-corrected chi connectivity index (χ0v) is 20.2. The molecule has 4 rings (SSSR count). The third-order valence-corrected chi connectivity index (χ3v) is 6.08. The summed E-state index contributed by atoms with van der Waals surface area (Å²) in [6.07, 6.45) is 3.69. The van der Waals surface area contributed by atoms with Gasteiger partial charge in [0, 0.05) is 17.5 Å². The van der Waals surface area contributed by atoms with Crippen LogP contribution in [0.3, 0.4) is 0 Å². The molecule has 1 aromatic heterocycles. The van der Waals surface area contributed by atoms with E-state index >= 15 is 0 Å². The van der Waals surface area contributed by atoms with Crippen molar-refractivity contribution in [2.24, 2.45) is 0 Å². The van der Waals surface area contributed by atoms with Crippen molar-refractivity contribution in [3.8, 4) is 17.6 Å². The number of aromatic nitrogens is 1. The van der Waals surface area contributed by atoms with Crippen molar-refractivity contribution in [3.05, 3.63) is 112 Å². The second-order valence-electron chi connectivity index (χ2n) is 7.74. The molecule has 1 amide bonds. The smallest absolute Gasteiger partial charge is 0.268 e. The van der Waals surface area contributed by atoms with E-state index in [2.05, 4.69) is 10.3 Å². The molecule has 6 nitrogen and oxygen atoms in total. The lowest BCUT2D eigenvalue weighted by molar-refractivity contribution is -0.112. The number of carbonyl (C=O) groups excluding carboxylic acids is 1. The molecule has 0 unspecified atom stereocenters. The highest BCUT2D eigenvalue weighted by atomic mass is 32.1. The summed E-state index contributed by atoms with van der Waals surface area (Å²) in [5.41, 5.74) is 2.49. The van der Waals surface area contributed by atoms with Crippen molar-refractivity contribution >= 4 is 28.5 Å². The number of amides is 1. The summed E-state index contributed by atoms with van der Waals surface area (Å²) in [6.45, 7) is 0.384. The molecule has 8 heteroatoms. The van der Waals surface area contributed by atoms with E-state index in [1.807, 2.05) is 36.4 Å². The Labute approximate surface area is 212 Å². The summed E-state index contributed by atoms with van der Waals surface area (Å²) >= 11 is 1.30. The molecule has 0 saturated carbocycles. The standard InChI is InChI=1S/C28H22FN3O3S/c1-34-26-15-21(9-12-25(26)35-18-20-5-3-2-4-6-20)13-22(16-30)27(33)32-28-31-17-24(36-28)14-19-7-10-23(29)11-8-19/h2-13,15,17H,14,18H2,1H3,(H,31,32,33)/b22-13-. The predicted molar refractivity (Wildman–Crippen MR) is 137 cm³/mol. The molecule has 36 heavy (non-hydrogen) atoms. The fraction of sp³-hybridized carbons (Fsp3) is 0.107. The molecule has 0 spiro atoms. The van der Waals surface area contributed by atoms with E-state index in [1.165, 1.54) is 36.7 Å². The van der Waals surface area contributed by atoms with E-state index in [9.17, 15) is 14.4 Å². The average Bonchev–Trinajstić information content (AvgIpc) is 3.34. The van der Waals surface area contributed by atoms with Gasteiger partial charge in [0.25, 0.3) is 5.91 Å². The molecule has 180 valence electrons. The van der Waals surface area contributed by atoms with Crippen molar-refractivity contribution in [2.45, 2.75) is 13.0 Å². The largest absolute Gasteiger partial charge is 0.493 e. The molecular formula is C28H22FN3O3S. The van der Waals surface area contributed by atoms with Crippen molar-refractivity contribution in [1.29, 1.82) is 5.26 Å².